The lowest BCUT2D eigenvalue weighted by Gasteiger charge is -2.16. The minimum absolute atomic E-state index is 0.134. The number of hydrogen-bond donors (Lipinski definition) is 2. The highest BCUT2D eigenvalue weighted by Gasteiger charge is 2.18. The van der Waals surface area contributed by atoms with Crippen LogP contribution in [0.25, 0.3) is 17.1 Å². The van der Waals surface area contributed by atoms with E-state index in [-0.39, 0.29) is 11.9 Å². The zero-order chi connectivity index (χ0) is 18.5. The average molecular weight is 373 g/mol. The number of aromatic nitrogens is 2. The lowest BCUT2D eigenvalue weighted by atomic mass is 10.1. The molecule has 1 amide bonds. The van der Waals surface area contributed by atoms with E-state index in [0.29, 0.717) is 6.42 Å². The molecule has 0 unspecified atom stereocenters. The summed E-state index contributed by atoms with van der Waals surface area (Å²) < 4.78 is 0. The molecule has 4 nitrogen and oxygen atoms in total. The number of nitrogens with one attached hydrogen (secondary N) is 2. The van der Waals surface area contributed by atoms with E-state index in [1.165, 1.54) is 0 Å². The van der Waals surface area contributed by atoms with Gasteiger partial charge in [0.2, 0.25) is 5.91 Å². The van der Waals surface area contributed by atoms with Gasteiger partial charge in [-0.25, -0.2) is 4.98 Å². The third-order valence-corrected chi connectivity index (χ3v) is 5.12. The summed E-state index contributed by atoms with van der Waals surface area (Å²) in [5.41, 5.74) is 3.01. The third-order valence-electron chi connectivity index (χ3n) is 4.28. The largest absolute Gasteiger partial charge is 0.342 e. The zero-order valence-electron chi connectivity index (χ0n) is 14.6. The number of imidazole rings is 1. The number of aromatic amines is 1. The van der Waals surface area contributed by atoms with Crippen LogP contribution in [-0.4, -0.2) is 15.9 Å². The zero-order valence-corrected chi connectivity index (χ0v) is 15.4. The van der Waals surface area contributed by atoms with Gasteiger partial charge in [-0.05, 0) is 41.6 Å². The van der Waals surface area contributed by atoms with E-state index in [0.717, 1.165) is 27.3 Å². The number of rotatable bonds is 6. The number of fused-ring (bicyclic) bond motifs is 1. The van der Waals surface area contributed by atoms with Gasteiger partial charge in [-0.1, -0.05) is 48.5 Å². The summed E-state index contributed by atoms with van der Waals surface area (Å²) in [5, 5.41) is 5.08. The molecule has 134 valence electrons. The van der Waals surface area contributed by atoms with E-state index >= 15 is 0 Å². The Bertz CT molecular complexity index is 1020. The van der Waals surface area contributed by atoms with Gasteiger partial charge in [0.25, 0.3) is 0 Å². The molecular formula is C22H19N3OS. The van der Waals surface area contributed by atoms with Crippen LogP contribution in [-0.2, 0) is 11.2 Å². The lowest BCUT2D eigenvalue weighted by Crippen LogP contribution is -2.29. The number of carbonyl (C=O) groups is 1. The number of thiophene rings is 1. The molecule has 4 rings (SSSR count). The van der Waals surface area contributed by atoms with Crippen LogP contribution in [0.15, 0.2) is 78.2 Å². The topological polar surface area (TPSA) is 57.8 Å². The van der Waals surface area contributed by atoms with E-state index in [1.54, 1.807) is 17.4 Å². The maximum Gasteiger partial charge on any atom is 0.244 e. The Morgan fingerprint density at radius 1 is 1.07 bits per heavy atom. The first-order valence-corrected chi connectivity index (χ1v) is 9.66. The molecule has 5 heteroatoms. The lowest BCUT2D eigenvalue weighted by molar-refractivity contribution is -0.117. The molecule has 0 aliphatic carbocycles. The number of H-pyrrole nitrogens is 1. The summed E-state index contributed by atoms with van der Waals surface area (Å²) >= 11 is 1.60. The second-order valence-electron chi connectivity index (χ2n) is 6.24. The molecule has 2 aromatic carbocycles. The first-order chi connectivity index (χ1) is 13.3. The van der Waals surface area contributed by atoms with E-state index in [9.17, 15) is 4.79 Å². The fraction of sp³-hybridized carbons (Fsp3) is 0.0909. The van der Waals surface area contributed by atoms with Gasteiger partial charge in [-0.15, -0.1) is 11.3 Å². The van der Waals surface area contributed by atoms with Crippen molar-refractivity contribution in [2.75, 3.05) is 0 Å². The summed E-state index contributed by atoms with van der Waals surface area (Å²) in [6.45, 7) is 0. The smallest absolute Gasteiger partial charge is 0.244 e. The monoisotopic (exact) mass is 373 g/mol. The van der Waals surface area contributed by atoms with Gasteiger partial charge in [0.1, 0.15) is 5.82 Å². The van der Waals surface area contributed by atoms with Crippen molar-refractivity contribution in [3.8, 4) is 0 Å². The van der Waals surface area contributed by atoms with Crippen LogP contribution < -0.4 is 5.32 Å². The molecule has 1 atom stereocenters. The van der Waals surface area contributed by atoms with Gasteiger partial charge >= 0.3 is 0 Å². The van der Waals surface area contributed by atoms with Crippen LogP contribution in [0.3, 0.4) is 0 Å². The number of para-hydroxylation sites is 2. The second kappa shape index (κ2) is 8.01. The Hall–Kier alpha value is -3.18. The molecule has 0 saturated carbocycles. The Kier molecular flexibility index (Phi) is 5.12. The third kappa shape index (κ3) is 4.33. The quantitative estimate of drug-likeness (QED) is 0.480. The molecule has 0 bridgehead atoms. The minimum Gasteiger partial charge on any atom is -0.342 e. The van der Waals surface area contributed by atoms with Crippen molar-refractivity contribution < 1.29 is 4.79 Å². The Morgan fingerprint density at radius 2 is 1.89 bits per heavy atom. The molecule has 0 spiro atoms. The molecule has 0 fully saturated rings. The molecule has 2 aromatic heterocycles. The summed E-state index contributed by atoms with van der Waals surface area (Å²) in [6.07, 6.45) is 4.07. The second-order valence-corrected chi connectivity index (χ2v) is 7.22. The molecule has 0 radical (unpaired) electrons. The van der Waals surface area contributed by atoms with E-state index in [2.05, 4.69) is 27.4 Å². The van der Waals surface area contributed by atoms with Gasteiger partial charge in [-0.2, -0.15) is 0 Å². The molecule has 0 aliphatic rings. The number of nitrogens with zero attached hydrogens (tertiary/aromatic N) is 1. The van der Waals surface area contributed by atoms with Gasteiger partial charge in [0.05, 0.1) is 17.1 Å². The van der Waals surface area contributed by atoms with E-state index < -0.39 is 0 Å². The van der Waals surface area contributed by atoms with Gasteiger partial charge < -0.3 is 10.3 Å². The summed E-state index contributed by atoms with van der Waals surface area (Å²) in [5.74, 6) is 0.628. The molecule has 0 saturated heterocycles. The fourth-order valence-electron chi connectivity index (χ4n) is 2.97. The summed E-state index contributed by atoms with van der Waals surface area (Å²) in [7, 11) is 0. The standard InChI is InChI=1S/C22H19N3OS/c26-21(13-12-17-9-6-14-27-17)23-20(15-16-7-2-1-3-8-16)22-24-18-10-4-5-11-19(18)25-22/h1-14,20H,15H2,(H,23,26)(H,24,25)/b13-12+/t20-/m0/s1. The molecule has 27 heavy (non-hydrogen) atoms. The normalized spacial score (nSPS) is 12.4. The Morgan fingerprint density at radius 3 is 2.67 bits per heavy atom. The van der Waals surface area contributed by atoms with Crippen LogP contribution in [0.4, 0.5) is 0 Å². The highest BCUT2D eigenvalue weighted by atomic mass is 32.1. The van der Waals surface area contributed by atoms with Crippen LogP contribution in [0, 0.1) is 0 Å². The number of carbonyl (C=O) groups excluding carboxylic acids is 1. The van der Waals surface area contributed by atoms with Crippen molar-refractivity contribution in [2.24, 2.45) is 0 Å². The van der Waals surface area contributed by atoms with E-state index in [1.807, 2.05) is 66.1 Å². The molecule has 0 aliphatic heterocycles. The maximum atomic E-state index is 12.5. The van der Waals surface area contributed by atoms with Crippen molar-refractivity contribution in [2.45, 2.75) is 12.5 Å². The summed E-state index contributed by atoms with van der Waals surface area (Å²) in [4.78, 5) is 21.6. The van der Waals surface area contributed by atoms with Crippen LogP contribution >= 0.6 is 11.3 Å². The van der Waals surface area contributed by atoms with Crippen molar-refractivity contribution in [3.05, 3.63) is 94.5 Å². The molecule has 2 N–H and O–H groups in total. The number of hydrogen-bond acceptors (Lipinski definition) is 3. The van der Waals surface area contributed by atoms with Crippen molar-refractivity contribution in [1.82, 2.24) is 15.3 Å². The van der Waals surface area contributed by atoms with Crippen LogP contribution in [0.2, 0.25) is 0 Å². The van der Waals surface area contributed by atoms with E-state index in [4.69, 9.17) is 0 Å². The fourth-order valence-corrected chi connectivity index (χ4v) is 3.59. The highest BCUT2D eigenvalue weighted by molar-refractivity contribution is 7.10. The van der Waals surface area contributed by atoms with Gasteiger partial charge in [0, 0.05) is 11.0 Å². The first-order valence-electron chi connectivity index (χ1n) is 8.78. The van der Waals surface area contributed by atoms with Gasteiger partial charge in [-0.3, -0.25) is 4.79 Å². The molecule has 4 aromatic rings. The van der Waals surface area contributed by atoms with Gasteiger partial charge in [0.15, 0.2) is 0 Å². The SMILES string of the molecule is O=C(/C=C/c1cccs1)N[C@@H](Cc1ccccc1)c1nc2ccccc2[nH]1. The predicted octanol–water partition coefficient (Wildman–Crippen LogP) is 4.74. The maximum absolute atomic E-state index is 12.5. The van der Waals surface area contributed by atoms with Crippen molar-refractivity contribution in [1.29, 1.82) is 0 Å². The molecule has 2 heterocycles. The highest BCUT2D eigenvalue weighted by Crippen LogP contribution is 2.20. The average Bonchev–Trinajstić information content (AvgIpc) is 3.36. The first kappa shape index (κ1) is 17.2. The minimum atomic E-state index is -0.236. The Balaban J connectivity index is 1.58. The van der Waals surface area contributed by atoms with Crippen LogP contribution in [0.5, 0.6) is 0 Å². The van der Waals surface area contributed by atoms with Crippen LogP contribution in [0.1, 0.15) is 22.3 Å². The van der Waals surface area contributed by atoms with Crippen molar-refractivity contribution in [3.63, 3.8) is 0 Å². The number of amides is 1. The predicted molar refractivity (Wildman–Crippen MR) is 110 cm³/mol. The Labute approximate surface area is 161 Å². The summed E-state index contributed by atoms with van der Waals surface area (Å²) in [6, 6.07) is 21.7. The van der Waals surface area contributed by atoms with Crippen molar-refractivity contribution >= 4 is 34.4 Å². The molecular weight excluding hydrogens is 354 g/mol. The number of benzene rings is 2.